The molecule has 0 saturated heterocycles. The van der Waals surface area contributed by atoms with Gasteiger partial charge in [-0.05, 0) is 18.6 Å². The molecule has 17 heavy (non-hydrogen) atoms. The van der Waals surface area contributed by atoms with E-state index in [1.807, 2.05) is 0 Å². The maximum atomic E-state index is 10.9. The molecular weight excluding hydrogens is 222 g/mol. The van der Waals surface area contributed by atoms with Gasteiger partial charge in [-0.15, -0.1) is 0 Å². The molecule has 0 unspecified atom stereocenters. The molecule has 0 radical (unpaired) electrons. The van der Waals surface area contributed by atoms with Crippen LogP contribution in [0.3, 0.4) is 0 Å². The van der Waals surface area contributed by atoms with Gasteiger partial charge in [0.1, 0.15) is 5.69 Å². The number of carbonyl (C=O) groups is 1. The zero-order chi connectivity index (χ0) is 12.5. The molecule has 0 aliphatic rings. The molecule has 1 aromatic rings. The van der Waals surface area contributed by atoms with E-state index >= 15 is 0 Å². The van der Waals surface area contributed by atoms with Crippen molar-refractivity contribution >= 4 is 11.6 Å². The highest BCUT2D eigenvalue weighted by molar-refractivity contribution is 5.91. The minimum Gasteiger partial charge on any atom is -0.394 e. The third kappa shape index (κ3) is 5.28. The average molecular weight is 239 g/mol. The van der Waals surface area contributed by atoms with Crippen LogP contribution in [0.2, 0.25) is 0 Å². The fourth-order valence-corrected chi connectivity index (χ4v) is 1.25. The monoisotopic (exact) mass is 239 g/mol. The molecule has 0 saturated carbocycles. The lowest BCUT2D eigenvalue weighted by atomic mass is 10.3. The van der Waals surface area contributed by atoms with Crippen LogP contribution in [-0.4, -0.2) is 42.4 Å². The van der Waals surface area contributed by atoms with E-state index in [0.717, 1.165) is 12.1 Å². The van der Waals surface area contributed by atoms with Crippen molar-refractivity contribution in [1.29, 1.82) is 0 Å². The molecule has 1 heterocycles. The number of aliphatic hydroxyl groups excluding tert-OH is 1. The Morgan fingerprint density at radius 1 is 1.53 bits per heavy atom. The molecule has 0 atom stereocenters. The van der Waals surface area contributed by atoms with Crippen molar-refractivity contribution in [1.82, 2.24) is 4.98 Å². The largest absolute Gasteiger partial charge is 0.394 e. The number of carbonyl (C=O) groups excluding carboxylic acids is 1. The second kappa shape index (κ2) is 7.59. The molecular formula is C11H17N3O3. The number of nitrogens with two attached hydrogens (primary N) is 1. The predicted molar refractivity (Wildman–Crippen MR) is 63.8 cm³/mol. The molecule has 0 fully saturated rings. The lowest BCUT2D eigenvalue weighted by molar-refractivity contribution is 0.0922. The Hall–Kier alpha value is -1.66. The van der Waals surface area contributed by atoms with E-state index in [-0.39, 0.29) is 12.3 Å². The Kier molecular flexibility index (Phi) is 5.98. The molecule has 1 amide bonds. The quantitative estimate of drug-likeness (QED) is 0.554. The number of nitrogens with zero attached hydrogens (tertiary/aromatic N) is 1. The number of hydrogen-bond donors (Lipinski definition) is 3. The van der Waals surface area contributed by atoms with Crippen molar-refractivity contribution < 1.29 is 14.6 Å². The number of hydrogen-bond acceptors (Lipinski definition) is 5. The fourth-order valence-electron chi connectivity index (χ4n) is 1.25. The third-order valence-corrected chi connectivity index (χ3v) is 2.04. The second-order valence-electron chi connectivity index (χ2n) is 3.41. The minimum atomic E-state index is -0.542. The van der Waals surface area contributed by atoms with Crippen molar-refractivity contribution in [2.45, 2.75) is 6.42 Å². The SMILES string of the molecule is NC(=O)c1cc(NCCCOCCO)ccn1. The molecule has 0 aliphatic carbocycles. The Balaban J connectivity index is 2.27. The molecule has 1 rings (SSSR count). The van der Waals surface area contributed by atoms with Gasteiger partial charge in [0.15, 0.2) is 0 Å². The van der Waals surface area contributed by atoms with E-state index in [4.69, 9.17) is 15.6 Å². The average Bonchev–Trinajstić information content (AvgIpc) is 2.34. The molecule has 6 heteroatoms. The molecule has 0 spiro atoms. The Morgan fingerprint density at radius 2 is 2.35 bits per heavy atom. The first-order valence-electron chi connectivity index (χ1n) is 5.42. The van der Waals surface area contributed by atoms with E-state index in [2.05, 4.69) is 10.3 Å². The minimum absolute atomic E-state index is 0.0414. The van der Waals surface area contributed by atoms with Crippen molar-refractivity contribution in [3.63, 3.8) is 0 Å². The number of pyridine rings is 1. The number of anilines is 1. The topological polar surface area (TPSA) is 97.5 Å². The summed E-state index contributed by atoms with van der Waals surface area (Å²) in [5.74, 6) is -0.542. The van der Waals surface area contributed by atoms with Crippen LogP contribution in [0.15, 0.2) is 18.3 Å². The van der Waals surface area contributed by atoms with Crippen LogP contribution < -0.4 is 11.1 Å². The van der Waals surface area contributed by atoms with Crippen molar-refractivity contribution in [2.24, 2.45) is 5.73 Å². The normalized spacial score (nSPS) is 10.2. The van der Waals surface area contributed by atoms with Gasteiger partial charge in [0.2, 0.25) is 0 Å². The molecule has 94 valence electrons. The van der Waals surface area contributed by atoms with Gasteiger partial charge in [-0.2, -0.15) is 0 Å². The number of primary amides is 1. The van der Waals surface area contributed by atoms with Crippen LogP contribution in [-0.2, 0) is 4.74 Å². The summed E-state index contributed by atoms with van der Waals surface area (Å²) in [4.78, 5) is 14.7. The summed E-state index contributed by atoms with van der Waals surface area (Å²) in [5.41, 5.74) is 6.16. The molecule has 1 aromatic heterocycles. The van der Waals surface area contributed by atoms with Gasteiger partial charge in [-0.25, -0.2) is 0 Å². The van der Waals surface area contributed by atoms with Gasteiger partial charge in [-0.1, -0.05) is 0 Å². The van der Waals surface area contributed by atoms with Gasteiger partial charge in [0.25, 0.3) is 5.91 Å². The van der Waals surface area contributed by atoms with Crippen molar-refractivity contribution in [3.05, 3.63) is 24.0 Å². The van der Waals surface area contributed by atoms with Crippen LogP contribution in [0.25, 0.3) is 0 Å². The van der Waals surface area contributed by atoms with Gasteiger partial charge in [-0.3, -0.25) is 9.78 Å². The summed E-state index contributed by atoms with van der Waals surface area (Å²) in [6, 6.07) is 3.37. The van der Waals surface area contributed by atoms with Crippen LogP contribution in [0.1, 0.15) is 16.9 Å². The van der Waals surface area contributed by atoms with Crippen LogP contribution in [0.4, 0.5) is 5.69 Å². The zero-order valence-corrected chi connectivity index (χ0v) is 9.56. The third-order valence-electron chi connectivity index (χ3n) is 2.04. The van der Waals surface area contributed by atoms with Gasteiger partial charge in [0.05, 0.1) is 13.2 Å². The lowest BCUT2D eigenvalue weighted by Crippen LogP contribution is -2.13. The Morgan fingerprint density at radius 3 is 3.06 bits per heavy atom. The molecule has 0 aliphatic heterocycles. The zero-order valence-electron chi connectivity index (χ0n) is 9.56. The first-order valence-corrected chi connectivity index (χ1v) is 5.42. The Bertz CT molecular complexity index is 358. The predicted octanol–water partition coefficient (Wildman–Crippen LogP) is -0.00860. The van der Waals surface area contributed by atoms with Crippen LogP contribution >= 0.6 is 0 Å². The van der Waals surface area contributed by atoms with E-state index in [0.29, 0.717) is 19.8 Å². The molecule has 0 aromatic carbocycles. The maximum Gasteiger partial charge on any atom is 0.267 e. The number of aliphatic hydroxyl groups is 1. The van der Waals surface area contributed by atoms with Crippen molar-refractivity contribution in [2.75, 3.05) is 31.7 Å². The summed E-state index contributed by atoms with van der Waals surface area (Å²) >= 11 is 0. The molecule has 0 bridgehead atoms. The summed E-state index contributed by atoms with van der Waals surface area (Å²) in [6.45, 7) is 1.70. The van der Waals surface area contributed by atoms with Crippen molar-refractivity contribution in [3.8, 4) is 0 Å². The maximum absolute atomic E-state index is 10.9. The van der Waals surface area contributed by atoms with Gasteiger partial charge < -0.3 is 20.9 Å². The Labute approximate surface area is 99.8 Å². The smallest absolute Gasteiger partial charge is 0.267 e. The summed E-state index contributed by atoms with van der Waals surface area (Å²) in [6.07, 6.45) is 2.35. The first kappa shape index (κ1) is 13.4. The van der Waals surface area contributed by atoms with Gasteiger partial charge in [0, 0.05) is 25.0 Å². The number of ether oxygens (including phenoxy) is 1. The molecule has 4 N–H and O–H groups in total. The van der Waals surface area contributed by atoms with Gasteiger partial charge >= 0.3 is 0 Å². The first-order chi connectivity index (χ1) is 8.24. The molecule has 6 nitrogen and oxygen atoms in total. The van der Waals surface area contributed by atoms with E-state index in [9.17, 15) is 4.79 Å². The van der Waals surface area contributed by atoms with Crippen LogP contribution in [0, 0.1) is 0 Å². The fraction of sp³-hybridized carbons (Fsp3) is 0.455. The highest BCUT2D eigenvalue weighted by Gasteiger charge is 2.02. The lowest BCUT2D eigenvalue weighted by Gasteiger charge is -2.07. The van der Waals surface area contributed by atoms with E-state index < -0.39 is 5.91 Å². The summed E-state index contributed by atoms with van der Waals surface area (Å²) < 4.78 is 5.11. The number of amides is 1. The highest BCUT2D eigenvalue weighted by Crippen LogP contribution is 2.07. The van der Waals surface area contributed by atoms with E-state index in [1.54, 1.807) is 12.1 Å². The second-order valence-corrected chi connectivity index (χ2v) is 3.41. The van der Waals surface area contributed by atoms with Crippen LogP contribution in [0.5, 0.6) is 0 Å². The number of aromatic nitrogens is 1. The van der Waals surface area contributed by atoms with E-state index in [1.165, 1.54) is 6.20 Å². The number of nitrogens with one attached hydrogen (secondary N) is 1. The summed E-state index contributed by atoms with van der Waals surface area (Å²) in [7, 11) is 0. The summed E-state index contributed by atoms with van der Waals surface area (Å²) in [5, 5.41) is 11.6. The number of rotatable bonds is 8. The highest BCUT2D eigenvalue weighted by atomic mass is 16.5. The standard InChI is InChI=1S/C11H17N3O3/c12-11(16)10-8-9(2-4-14-10)13-3-1-6-17-7-5-15/h2,4,8,15H,1,3,5-7H2,(H2,12,16)(H,13,14).